The maximum atomic E-state index is 13.5. The minimum atomic E-state index is -4.46. The van der Waals surface area contributed by atoms with Gasteiger partial charge in [-0.1, -0.05) is 12.1 Å². The van der Waals surface area contributed by atoms with Gasteiger partial charge in [0.2, 0.25) is 5.88 Å². The van der Waals surface area contributed by atoms with Gasteiger partial charge in [0.25, 0.3) is 5.91 Å². The molecule has 10 heteroatoms. The molecule has 3 heterocycles. The third-order valence-corrected chi connectivity index (χ3v) is 7.08. The van der Waals surface area contributed by atoms with Crippen molar-refractivity contribution >= 4 is 17.2 Å². The van der Waals surface area contributed by atoms with E-state index in [0.29, 0.717) is 23.5 Å². The van der Waals surface area contributed by atoms with E-state index in [-0.39, 0.29) is 35.7 Å². The molecule has 3 unspecified atom stereocenters. The zero-order valence-electron chi connectivity index (χ0n) is 17.5. The number of aryl methyl sites for hydroxylation is 1. The number of rotatable bonds is 4. The summed E-state index contributed by atoms with van der Waals surface area (Å²) in [4.78, 5) is 24.1. The van der Waals surface area contributed by atoms with Crippen molar-refractivity contribution < 1.29 is 27.1 Å². The van der Waals surface area contributed by atoms with E-state index >= 15 is 0 Å². The minimum absolute atomic E-state index is 0.101. The maximum Gasteiger partial charge on any atom is 0.417 e. The van der Waals surface area contributed by atoms with E-state index in [1.807, 2.05) is 6.92 Å². The Morgan fingerprint density at radius 2 is 1.91 bits per heavy atom. The lowest BCUT2D eigenvalue weighted by atomic mass is 10.1. The second-order valence-corrected chi connectivity index (χ2v) is 9.52. The molecule has 172 valence electrons. The normalized spacial score (nSPS) is 22.1. The minimum Gasteiger partial charge on any atom is -0.472 e. The average molecular weight is 477 g/mol. The number of fused-ring (bicyclic) bond motifs is 2. The molecule has 3 atom stereocenters. The summed E-state index contributed by atoms with van der Waals surface area (Å²) in [6.45, 7) is 2.38. The Morgan fingerprint density at radius 3 is 2.55 bits per heavy atom. The van der Waals surface area contributed by atoms with Crippen LogP contribution in [0.25, 0.3) is 10.4 Å². The zero-order chi connectivity index (χ0) is 23.3. The highest BCUT2D eigenvalue weighted by atomic mass is 32.1. The zero-order valence-corrected chi connectivity index (χ0v) is 18.3. The van der Waals surface area contributed by atoms with Crippen molar-refractivity contribution in [3.63, 3.8) is 0 Å². The average Bonchev–Trinajstić information content (AvgIpc) is 3.47. The van der Waals surface area contributed by atoms with Crippen LogP contribution in [0.2, 0.25) is 0 Å². The van der Waals surface area contributed by atoms with Crippen LogP contribution in [0.15, 0.2) is 42.6 Å². The molecule has 5 rings (SSSR count). The molecule has 2 aromatic heterocycles. The highest BCUT2D eigenvalue weighted by Crippen LogP contribution is 2.42. The molecule has 5 nitrogen and oxygen atoms in total. The van der Waals surface area contributed by atoms with Crippen LogP contribution < -0.4 is 4.74 Å². The lowest BCUT2D eigenvalue weighted by Crippen LogP contribution is -2.47. The number of ether oxygens (including phenoxy) is 1. The number of carbonyl (C=O) groups is 1. The molecule has 2 fully saturated rings. The number of amides is 1. The van der Waals surface area contributed by atoms with Gasteiger partial charge in [-0.15, -0.1) is 11.3 Å². The van der Waals surface area contributed by atoms with Crippen LogP contribution in [-0.2, 0) is 6.18 Å². The number of hydrogen-bond donors (Lipinski definition) is 0. The van der Waals surface area contributed by atoms with Crippen LogP contribution in [0, 0.1) is 18.7 Å². The van der Waals surface area contributed by atoms with Crippen molar-refractivity contribution in [1.82, 2.24) is 14.9 Å². The van der Waals surface area contributed by atoms with Crippen molar-refractivity contribution in [2.24, 2.45) is 5.92 Å². The first kappa shape index (κ1) is 21.8. The van der Waals surface area contributed by atoms with Gasteiger partial charge in [0, 0.05) is 18.8 Å². The third kappa shape index (κ3) is 4.19. The fourth-order valence-corrected chi connectivity index (χ4v) is 5.52. The topological polar surface area (TPSA) is 55.3 Å². The van der Waals surface area contributed by atoms with Crippen LogP contribution in [0.5, 0.6) is 5.88 Å². The Kier molecular flexibility index (Phi) is 5.35. The Hall–Kier alpha value is -3.01. The largest absolute Gasteiger partial charge is 0.472 e. The van der Waals surface area contributed by atoms with E-state index in [0.717, 1.165) is 29.3 Å². The number of carbonyl (C=O) groups excluding carboxylic acids is 1. The van der Waals surface area contributed by atoms with Crippen LogP contribution >= 0.6 is 11.3 Å². The van der Waals surface area contributed by atoms with E-state index < -0.39 is 11.7 Å². The summed E-state index contributed by atoms with van der Waals surface area (Å²) in [5.41, 5.74) is 0.200. The highest BCUT2D eigenvalue weighted by molar-refractivity contribution is 7.15. The van der Waals surface area contributed by atoms with Crippen molar-refractivity contribution in [2.45, 2.75) is 38.1 Å². The Bertz CT molecular complexity index is 1180. The Labute approximate surface area is 191 Å². The molecule has 2 aliphatic rings. The fraction of sp³-hybridized carbons (Fsp3) is 0.348. The summed E-state index contributed by atoms with van der Waals surface area (Å²) in [5, 5.41) is 0.726. The van der Waals surface area contributed by atoms with Gasteiger partial charge in [-0.2, -0.15) is 13.2 Å². The highest BCUT2D eigenvalue weighted by Gasteiger charge is 2.49. The number of piperidine rings is 1. The van der Waals surface area contributed by atoms with Gasteiger partial charge in [0.05, 0.1) is 21.5 Å². The lowest BCUT2D eigenvalue weighted by molar-refractivity contribution is -0.137. The number of benzene rings is 1. The molecule has 2 bridgehead atoms. The van der Waals surface area contributed by atoms with Gasteiger partial charge >= 0.3 is 6.18 Å². The molecular formula is C23H19F4N3O2S. The van der Waals surface area contributed by atoms with Gasteiger partial charge < -0.3 is 9.64 Å². The first-order chi connectivity index (χ1) is 15.7. The molecule has 1 saturated carbocycles. The molecule has 1 aromatic carbocycles. The third-order valence-electron chi connectivity index (χ3n) is 6.06. The molecule has 0 N–H and O–H groups in total. The number of pyridine rings is 1. The summed E-state index contributed by atoms with van der Waals surface area (Å²) in [7, 11) is 0. The van der Waals surface area contributed by atoms with E-state index in [1.54, 1.807) is 17.0 Å². The molecule has 1 saturated heterocycles. The number of nitrogens with zero attached hydrogens (tertiary/aromatic N) is 3. The number of thiazole rings is 1. The van der Waals surface area contributed by atoms with Gasteiger partial charge in [-0.05, 0) is 49.4 Å². The van der Waals surface area contributed by atoms with Crippen molar-refractivity contribution in [3.05, 3.63) is 64.7 Å². The number of alkyl halides is 3. The van der Waals surface area contributed by atoms with Gasteiger partial charge in [-0.25, -0.2) is 14.4 Å². The number of aromatic nitrogens is 2. The SMILES string of the molecule is Cc1nc(C(=O)N2CC3CC(Oc4ccc(C(F)(F)F)cn4)C2C3)c(-c2ccc(F)cc2)s1. The molecular weight excluding hydrogens is 458 g/mol. The van der Waals surface area contributed by atoms with Gasteiger partial charge in [0.1, 0.15) is 17.6 Å². The molecule has 1 aliphatic heterocycles. The molecule has 33 heavy (non-hydrogen) atoms. The standard InChI is InChI=1S/C23H19F4N3O2S/c1-12-29-20(21(33-12)14-2-5-16(24)6-3-14)22(31)30-11-13-8-17(30)18(9-13)32-19-7-4-15(10-28-19)23(25,26)27/h2-7,10,13,17-18H,8-9,11H2,1H3. The van der Waals surface area contributed by atoms with Crippen molar-refractivity contribution in [2.75, 3.05) is 6.54 Å². The summed E-state index contributed by atoms with van der Waals surface area (Å²) in [5.74, 6) is -0.238. The summed E-state index contributed by atoms with van der Waals surface area (Å²) in [6, 6.07) is 7.86. The molecule has 0 radical (unpaired) electrons. The number of likely N-dealkylation sites (tertiary alicyclic amines) is 1. The second-order valence-electron chi connectivity index (χ2n) is 8.32. The van der Waals surface area contributed by atoms with Crippen LogP contribution in [-0.4, -0.2) is 39.5 Å². The summed E-state index contributed by atoms with van der Waals surface area (Å²) in [6.07, 6.45) is -2.61. The number of halogens is 4. The van der Waals surface area contributed by atoms with Crippen LogP contribution in [0.4, 0.5) is 17.6 Å². The second kappa shape index (κ2) is 8.09. The monoisotopic (exact) mass is 477 g/mol. The fourth-order valence-electron chi connectivity index (χ4n) is 4.60. The molecule has 3 aromatic rings. The van der Waals surface area contributed by atoms with Crippen LogP contribution in [0.1, 0.15) is 33.9 Å². The van der Waals surface area contributed by atoms with E-state index in [1.165, 1.54) is 29.5 Å². The smallest absolute Gasteiger partial charge is 0.417 e. The van der Waals surface area contributed by atoms with Gasteiger partial charge in [-0.3, -0.25) is 4.79 Å². The predicted molar refractivity (Wildman–Crippen MR) is 113 cm³/mol. The summed E-state index contributed by atoms with van der Waals surface area (Å²) < 4.78 is 57.6. The van der Waals surface area contributed by atoms with Crippen molar-refractivity contribution in [3.8, 4) is 16.3 Å². The molecule has 1 amide bonds. The predicted octanol–water partition coefficient (Wildman–Crippen LogP) is 5.35. The van der Waals surface area contributed by atoms with Gasteiger partial charge in [0.15, 0.2) is 0 Å². The van der Waals surface area contributed by atoms with Crippen molar-refractivity contribution in [1.29, 1.82) is 0 Å². The quantitative estimate of drug-likeness (QED) is 0.475. The first-order valence-electron chi connectivity index (χ1n) is 10.4. The summed E-state index contributed by atoms with van der Waals surface area (Å²) >= 11 is 1.37. The van der Waals surface area contributed by atoms with Crippen LogP contribution in [0.3, 0.4) is 0 Å². The molecule has 1 aliphatic carbocycles. The Morgan fingerprint density at radius 1 is 1.15 bits per heavy atom. The van der Waals surface area contributed by atoms with E-state index in [4.69, 9.17) is 4.74 Å². The Balaban J connectivity index is 1.35. The maximum absolute atomic E-state index is 13.5. The first-order valence-corrected chi connectivity index (χ1v) is 11.2. The van der Waals surface area contributed by atoms with E-state index in [9.17, 15) is 22.4 Å². The van der Waals surface area contributed by atoms with E-state index in [2.05, 4.69) is 9.97 Å². The molecule has 0 spiro atoms. The lowest BCUT2D eigenvalue weighted by Gasteiger charge is -2.33. The number of hydrogen-bond acceptors (Lipinski definition) is 5.